The summed E-state index contributed by atoms with van der Waals surface area (Å²) < 4.78 is 15.0. The fourth-order valence-electron chi connectivity index (χ4n) is 3.03. The molecule has 0 unspecified atom stereocenters. The Morgan fingerprint density at radius 3 is 2.00 bits per heavy atom. The van der Waals surface area contributed by atoms with Gasteiger partial charge in [-0.1, -0.05) is 107 Å². The van der Waals surface area contributed by atoms with Crippen molar-refractivity contribution in [3.05, 3.63) is 106 Å². The first-order valence-electron chi connectivity index (χ1n) is 9.65. The van der Waals surface area contributed by atoms with Crippen LogP contribution in [0.2, 0.25) is 5.02 Å². The molecule has 0 spiro atoms. The molecule has 8 heteroatoms. The van der Waals surface area contributed by atoms with Crippen LogP contribution < -0.4 is 5.09 Å². The summed E-state index contributed by atoms with van der Waals surface area (Å²) in [7, 11) is -3.39. The molecule has 0 radical (unpaired) electrons. The first-order chi connectivity index (χ1) is 15.3. The number of rotatable bonds is 6. The predicted molar refractivity (Wildman–Crippen MR) is 141 cm³/mol. The van der Waals surface area contributed by atoms with Gasteiger partial charge < -0.3 is 5.09 Å². The summed E-state index contributed by atoms with van der Waals surface area (Å²) in [4.78, 5) is 4.57. The first kappa shape index (κ1) is 23.1. The van der Waals surface area contributed by atoms with E-state index < -0.39 is 7.29 Å². The number of aromatic nitrogens is 1. The number of hydrogen-bond donors (Lipinski definition) is 1. The van der Waals surface area contributed by atoms with Gasteiger partial charge in [0.25, 0.3) is 0 Å². The second-order valence-corrected chi connectivity index (χ2v) is 11.5. The van der Waals surface area contributed by atoms with Crippen LogP contribution in [0.4, 0.5) is 5.13 Å². The minimum atomic E-state index is -3.39. The summed E-state index contributed by atoms with van der Waals surface area (Å²) >= 11 is 20.7. The lowest BCUT2D eigenvalue weighted by atomic mass is 10.2. The van der Waals surface area contributed by atoms with E-state index in [0.717, 1.165) is 26.9 Å². The van der Waals surface area contributed by atoms with Crippen LogP contribution in [-0.2, 0) is 4.57 Å². The van der Waals surface area contributed by atoms with Crippen LogP contribution in [0.5, 0.6) is 0 Å². The van der Waals surface area contributed by atoms with E-state index >= 15 is 0 Å². The largest absolute Gasteiger partial charge is 0.306 e. The Kier molecular flexibility index (Phi) is 7.09. The van der Waals surface area contributed by atoms with Crippen molar-refractivity contribution in [3.63, 3.8) is 0 Å². The van der Waals surface area contributed by atoms with Crippen molar-refractivity contribution in [2.24, 2.45) is 0 Å². The lowest BCUT2D eigenvalue weighted by Crippen LogP contribution is -1.93. The van der Waals surface area contributed by atoms with Gasteiger partial charge in [0.2, 0.25) is 7.29 Å². The van der Waals surface area contributed by atoms with Crippen LogP contribution in [0, 0.1) is 6.92 Å². The zero-order valence-electron chi connectivity index (χ0n) is 16.9. The minimum absolute atomic E-state index is 0.357. The maximum atomic E-state index is 14.1. The number of anilines is 1. The van der Waals surface area contributed by atoms with Crippen LogP contribution in [0.15, 0.2) is 84.4 Å². The van der Waals surface area contributed by atoms with Gasteiger partial charge >= 0.3 is 0 Å². The van der Waals surface area contributed by atoms with Gasteiger partial charge in [0.15, 0.2) is 5.13 Å². The molecule has 1 heterocycles. The Morgan fingerprint density at radius 2 is 1.47 bits per heavy atom. The maximum absolute atomic E-state index is 14.1. The fourth-order valence-corrected chi connectivity index (χ4v) is 7.24. The van der Waals surface area contributed by atoms with Crippen LogP contribution in [0.3, 0.4) is 0 Å². The van der Waals surface area contributed by atoms with Gasteiger partial charge in [0.1, 0.15) is 0 Å². The van der Waals surface area contributed by atoms with E-state index in [1.54, 1.807) is 6.07 Å². The van der Waals surface area contributed by atoms with Crippen molar-refractivity contribution in [1.29, 1.82) is 0 Å². The van der Waals surface area contributed by atoms with E-state index in [0.29, 0.717) is 20.2 Å². The second kappa shape index (κ2) is 9.82. The van der Waals surface area contributed by atoms with E-state index in [2.05, 4.69) is 10.1 Å². The Morgan fingerprint density at radius 1 is 0.938 bits per heavy atom. The number of fused-ring (bicyclic) bond motifs is 1. The number of nitrogens with zero attached hydrogens (tertiary/aromatic N) is 1. The monoisotopic (exact) mass is 518 g/mol. The molecule has 3 aromatic carbocycles. The fraction of sp³-hybridized carbons (Fsp3) is 0.0417. The van der Waals surface area contributed by atoms with Gasteiger partial charge in [0.05, 0.1) is 20.3 Å². The Balaban J connectivity index is 1.77. The van der Waals surface area contributed by atoms with Gasteiger partial charge in [-0.15, -0.1) is 0 Å². The average Bonchev–Trinajstić information content (AvgIpc) is 3.15. The quantitative estimate of drug-likeness (QED) is 0.258. The third-order valence-corrected chi connectivity index (χ3v) is 8.94. The molecule has 4 aromatic rings. The molecule has 1 aromatic heterocycles. The molecule has 0 aliphatic carbocycles. The molecule has 32 heavy (non-hydrogen) atoms. The highest BCUT2D eigenvalue weighted by atomic mass is 35.5. The third kappa shape index (κ3) is 5.46. The Labute approximate surface area is 205 Å². The number of thiazole rings is 1. The molecule has 4 rings (SSSR count). The SMILES string of the molecule is Cc1cc2sc(NP(=O)(C=C(Cl)c3ccccc3)C=C(Cl)c3ccccc3)nc2cc1Cl. The average molecular weight is 520 g/mol. The predicted octanol–water partition coefficient (Wildman–Crippen LogP) is 9.42. The van der Waals surface area contributed by atoms with E-state index in [9.17, 15) is 4.57 Å². The summed E-state index contributed by atoms with van der Waals surface area (Å²) in [5.74, 6) is 3.03. The Bertz CT molecular complexity index is 1270. The minimum Gasteiger partial charge on any atom is -0.306 e. The van der Waals surface area contributed by atoms with Crippen molar-refractivity contribution in [1.82, 2.24) is 4.98 Å². The highest BCUT2D eigenvalue weighted by Gasteiger charge is 2.21. The topological polar surface area (TPSA) is 42.0 Å². The number of hydrogen-bond acceptors (Lipinski definition) is 3. The summed E-state index contributed by atoms with van der Waals surface area (Å²) in [5.41, 5.74) is 3.20. The molecular formula is C24H18Cl3N2OPS. The molecule has 0 aliphatic heterocycles. The molecule has 1 N–H and O–H groups in total. The van der Waals surface area contributed by atoms with Gasteiger partial charge in [0, 0.05) is 16.7 Å². The lowest BCUT2D eigenvalue weighted by Gasteiger charge is -2.13. The molecule has 0 amide bonds. The van der Waals surface area contributed by atoms with Crippen molar-refractivity contribution >= 4 is 78.8 Å². The molecule has 0 saturated heterocycles. The number of benzene rings is 3. The third-order valence-electron chi connectivity index (χ3n) is 4.65. The Hall–Kier alpha value is -2.07. The lowest BCUT2D eigenvalue weighted by molar-refractivity contribution is 0.589. The summed E-state index contributed by atoms with van der Waals surface area (Å²) in [6.07, 6.45) is 0. The summed E-state index contributed by atoms with van der Waals surface area (Å²) in [6, 6.07) is 22.5. The molecule has 3 nitrogen and oxygen atoms in total. The summed E-state index contributed by atoms with van der Waals surface area (Å²) in [5, 5.41) is 4.93. The normalized spacial score (nSPS) is 14.4. The van der Waals surface area contributed by atoms with Gasteiger partial charge in [-0.2, -0.15) is 0 Å². The van der Waals surface area contributed by atoms with Crippen molar-refractivity contribution in [2.75, 3.05) is 5.09 Å². The van der Waals surface area contributed by atoms with Crippen LogP contribution in [-0.4, -0.2) is 4.98 Å². The van der Waals surface area contributed by atoms with Gasteiger partial charge in [-0.25, -0.2) is 4.98 Å². The molecule has 0 bridgehead atoms. The van der Waals surface area contributed by atoms with E-state index in [4.69, 9.17) is 34.8 Å². The zero-order chi connectivity index (χ0) is 22.7. The van der Waals surface area contributed by atoms with E-state index in [1.807, 2.05) is 73.7 Å². The maximum Gasteiger partial charge on any atom is 0.217 e. The zero-order valence-corrected chi connectivity index (χ0v) is 20.9. The second-order valence-electron chi connectivity index (χ2n) is 7.10. The first-order valence-corrected chi connectivity index (χ1v) is 13.4. The molecule has 162 valence electrons. The number of aryl methyl sites for hydroxylation is 1. The molecule has 0 aliphatic rings. The van der Waals surface area contributed by atoms with Crippen LogP contribution in [0.25, 0.3) is 20.3 Å². The van der Waals surface area contributed by atoms with Crippen molar-refractivity contribution < 1.29 is 4.57 Å². The van der Waals surface area contributed by atoms with Gasteiger partial charge in [-0.3, -0.25) is 4.57 Å². The van der Waals surface area contributed by atoms with E-state index in [-0.39, 0.29) is 0 Å². The van der Waals surface area contributed by atoms with Crippen LogP contribution in [0.1, 0.15) is 16.7 Å². The van der Waals surface area contributed by atoms with E-state index in [1.165, 1.54) is 23.0 Å². The summed E-state index contributed by atoms with van der Waals surface area (Å²) in [6.45, 7) is 1.93. The van der Waals surface area contributed by atoms with Crippen LogP contribution >= 0.6 is 53.4 Å². The highest BCUT2D eigenvalue weighted by molar-refractivity contribution is 7.72. The number of halogens is 3. The molecular weight excluding hydrogens is 502 g/mol. The molecule has 0 fully saturated rings. The van der Waals surface area contributed by atoms with Crippen molar-refractivity contribution in [3.8, 4) is 0 Å². The van der Waals surface area contributed by atoms with Gasteiger partial charge in [-0.05, 0) is 35.7 Å². The molecule has 0 atom stereocenters. The standard InChI is InChI=1S/C24H18Cl3N2OPS/c1-16-12-23-22(13-19(16)25)28-24(32-23)29-31(30,14-20(26)17-8-4-2-5-9-17)15-21(27)18-10-6-3-7-11-18/h2-15H,1H3,(H,28,29,30). The van der Waals surface area contributed by atoms with Crippen molar-refractivity contribution in [2.45, 2.75) is 6.92 Å². The highest BCUT2D eigenvalue weighted by Crippen LogP contribution is 2.54. The smallest absolute Gasteiger partial charge is 0.217 e. The molecule has 0 saturated carbocycles. The number of nitrogens with one attached hydrogen (secondary N) is 1.